The molecule has 1 amide bonds. The second-order valence-corrected chi connectivity index (χ2v) is 4.96. The summed E-state index contributed by atoms with van der Waals surface area (Å²) in [5.74, 6) is 2.36. The van der Waals surface area contributed by atoms with Gasteiger partial charge in [-0.25, -0.2) is 0 Å². The molecule has 0 saturated heterocycles. The molecule has 0 saturated carbocycles. The zero-order chi connectivity index (χ0) is 14.4. The lowest BCUT2D eigenvalue weighted by Crippen LogP contribution is -2.23. The number of carbonyl (C=O) groups is 1. The summed E-state index contributed by atoms with van der Waals surface area (Å²) in [5, 5.41) is 9.58. The lowest BCUT2D eigenvalue weighted by Gasteiger charge is -2.23. The normalized spacial score (nSPS) is 19.1. The Morgan fingerprint density at radius 1 is 1.38 bits per heavy atom. The van der Waals surface area contributed by atoms with E-state index in [4.69, 9.17) is 14.2 Å². The van der Waals surface area contributed by atoms with Gasteiger partial charge in [0.25, 0.3) is 0 Å². The third-order valence-corrected chi connectivity index (χ3v) is 3.78. The highest BCUT2D eigenvalue weighted by Gasteiger charge is 2.30. The standard InChI is InChI=1S/C14H13N3O4/c1-19-10-2-7(3-11-13(10)21-6-20-11)8-4-12(18)16-14-9(8)5-15-17-14/h2-3,5,8H,4,6H2,1H3,(H2,15,16,17,18)/t8-/m0/s1. The molecule has 3 heterocycles. The number of rotatable bonds is 2. The van der Waals surface area contributed by atoms with E-state index in [-0.39, 0.29) is 18.6 Å². The Hall–Kier alpha value is -2.70. The van der Waals surface area contributed by atoms with Crippen LogP contribution in [0.4, 0.5) is 5.82 Å². The summed E-state index contributed by atoms with van der Waals surface area (Å²) < 4.78 is 16.2. The number of benzene rings is 1. The number of carbonyl (C=O) groups excluding carboxylic acids is 1. The third-order valence-electron chi connectivity index (χ3n) is 3.78. The molecule has 1 aromatic carbocycles. The SMILES string of the molecule is COc1cc([C@@H]2CC(=O)Nc3[nH]ncc32)cc2c1OCO2. The number of H-pyrrole nitrogens is 1. The van der Waals surface area contributed by atoms with Crippen LogP contribution >= 0.6 is 0 Å². The summed E-state index contributed by atoms with van der Waals surface area (Å²) >= 11 is 0. The van der Waals surface area contributed by atoms with Crippen LogP contribution in [0.5, 0.6) is 17.2 Å². The van der Waals surface area contributed by atoms with E-state index in [0.29, 0.717) is 29.5 Å². The van der Waals surface area contributed by atoms with Gasteiger partial charge in [-0.1, -0.05) is 0 Å². The highest BCUT2D eigenvalue weighted by atomic mass is 16.7. The Kier molecular flexibility index (Phi) is 2.53. The van der Waals surface area contributed by atoms with Gasteiger partial charge in [0.15, 0.2) is 11.5 Å². The van der Waals surface area contributed by atoms with Crippen molar-refractivity contribution in [1.29, 1.82) is 0 Å². The van der Waals surface area contributed by atoms with Gasteiger partial charge < -0.3 is 19.5 Å². The smallest absolute Gasteiger partial charge is 0.231 e. The first-order chi connectivity index (χ1) is 10.3. The first kappa shape index (κ1) is 12.1. The molecule has 1 aromatic heterocycles. The number of methoxy groups -OCH3 is 1. The second kappa shape index (κ2) is 4.41. The molecule has 0 spiro atoms. The maximum Gasteiger partial charge on any atom is 0.231 e. The van der Waals surface area contributed by atoms with Crippen molar-refractivity contribution >= 4 is 11.7 Å². The molecule has 0 bridgehead atoms. The van der Waals surface area contributed by atoms with Gasteiger partial charge in [0.1, 0.15) is 5.82 Å². The molecule has 2 aliphatic heterocycles. The van der Waals surface area contributed by atoms with E-state index in [1.54, 1.807) is 13.3 Å². The number of hydrogen-bond acceptors (Lipinski definition) is 5. The molecule has 1 atom stereocenters. The number of nitrogens with one attached hydrogen (secondary N) is 2. The molecule has 2 aliphatic rings. The molecule has 4 rings (SSSR count). The topological polar surface area (TPSA) is 85.5 Å². The molecule has 7 nitrogen and oxygen atoms in total. The molecule has 2 N–H and O–H groups in total. The Labute approximate surface area is 120 Å². The highest BCUT2D eigenvalue weighted by Crippen LogP contribution is 2.46. The maximum atomic E-state index is 11.8. The van der Waals surface area contributed by atoms with Crippen LogP contribution in [-0.4, -0.2) is 30.0 Å². The van der Waals surface area contributed by atoms with E-state index < -0.39 is 0 Å². The number of aromatic nitrogens is 2. The van der Waals surface area contributed by atoms with E-state index in [9.17, 15) is 4.79 Å². The van der Waals surface area contributed by atoms with Crippen molar-refractivity contribution in [3.8, 4) is 17.2 Å². The van der Waals surface area contributed by atoms with Crippen molar-refractivity contribution in [2.75, 3.05) is 19.2 Å². The molecular weight excluding hydrogens is 274 g/mol. The first-order valence-corrected chi connectivity index (χ1v) is 6.57. The number of anilines is 1. The Morgan fingerprint density at radius 2 is 2.29 bits per heavy atom. The summed E-state index contributed by atoms with van der Waals surface area (Å²) in [7, 11) is 1.58. The average Bonchev–Trinajstić information content (AvgIpc) is 3.13. The van der Waals surface area contributed by atoms with Crippen LogP contribution in [0.2, 0.25) is 0 Å². The molecule has 0 fully saturated rings. The minimum Gasteiger partial charge on any atom is -0.493 e. The van der Waals surface area contributed by atoms with E-state index in [1.807, 2.05) is 12.1 Å². The summed E-state index contributed by atoms with van der Waals surface area (Å²) in [6.45, 7) is 0.178. The third kappa shape index (κ3) is 1.81. The van der Waals surface area contributed by atoms with Gasteiger partial charge in [0, 0.05) is 17.9 Å². The van der Waals surface area contributed by atoms with Crippen LogP contribution < -0.4 is 19.5 Å². The van der Waals surface area contributed by atoms with Crippen molar-refractivity contribution in [3.63, 3.8) is 0 Å². The minimum atomic E-state index is -0.0871. The number of nitrogens with zero attached hydrogens (tertiary/aromatic N) is 1. The zero-order valence-corrected chi connectivity index (χ0v) is 11.3. The van der Waals surface area contributed by atoms with Gasteiger partial charge >= 0.3 is 0 Å². The van der Waals surface area contributed by atoms with Crippen LogP contribution in [0, 0.1) is 0 Å². The van der Waals surface area contributed by atoms with Gasteiger partial charge in [-0.05, 0) is 17.7 Å². The summed E-state index contributed by atoms with van der Waals surface area (Å²) in [6.07, 6.45) is 2.09. The number of fused-ring (bicyclic) bond motifs is 2. The van der Waals surface area contributed by atoms with Crippen LogP contribution in [-0.2, 0) is 4.79 Å². The second-order valence-electron chi connectivity index (χ2n) is 4.96. The Balaban J connectivity index is 1.83. The fraction of sp³-hybridized carbons (Fsp3) is 0.286. The van der Waals surface area contributed by atoms with Crippen molar-refractivity contribution in [2.45, 2.75) is 12.3 Å². The largest absolute Gasteiger partial charge is 0.493 e. The zero-order valence-electron chi connectivity index (χ0n) is 11.3. The lowest BCUT2D eigenvalue weighted by molar-refractivity contribution is -0.116. The predicted octanol–water partition coefficient (Wildman–Crippen LogP) is 1.62. The van der Waals surface area contributed by atoms with Gasteiger partial charge in [-0.3, -0.25) is 9.89 Å². The van der Waals surface area contributed by atoms with E-state index in [1.165, 1.54) is 0 Å². The summed E-state index contributed by atoms with van der Waals surface area (Å²) in [6, 6.07) is 3.78. The number of ether oxygens (including phenoxy) is 3. The predicted molar refractivity (Wildman–Crippen MR) is 72.8 cm³/mol. The fourth-order valence-corrected chi connectivity index (χ4v) is 2.79. The first-order valence-electron chi connectivity index (χ1n) is 6.57. The van der Waals surface area contributed by atoms with Crippen LogP contribution in [0.3, 0.4) is 0 Å². The highest BCUT2D eigenvalue weighted by molar-refractivity contribution is 5.94. The number of amides is 1. The van der Waals surface area contributed by atoms with Crippen LogP contribution in [0.25, 0.3) is 0 Å². The molecule has 108 valence electrons. The van der Waals surface area contributed by atoms with Crippen molar-refractivity contribution < 1.29 is 19.0 Å². The quantitative estimate of drug-likeness (QED) is 0.876. The molecular formula is C14H13N3O4. The van der Waals surface area contributed by atoms with E-state index >= 15 is 0 Å². The van der Waals surface area contributed by atoms with Crippen LogP contribution in [0.1, 0.15) is 23.5 Å². The number of hydrogen-bond donors (Lipinski definition) is 2. The van der Waals surface area contributed by atoms with Gasteiger partial charge in [0.05, 0.1) is 13.3 Å². The Bertz CT molecular complexity index is 725. The van der Waals surface area contributed by atoms with Crippen molar-refractivity contribution in [2.24, 2.45) is 0 Å². The molecule has 2 aromatic rings. The van der Waals surface area contributed by atoms with Gasteiger partial charge in [0.2, 0.25) is 18.4 Å². The van der Waals surface area contributed by atoms with Gasteiger partial charge in [-0.2, -0.15) is 5.10 Å². The molecule has 0 radical (unpaired) electrons. The van der Waals surface area contributed by atoms with E-state index in [2.05, 4.69) is 15.5 Å². The molecule has 21 heavy (non-hydrogen) atoms. The van der Waals surface area contributed by atoms with E-state index in [0.717, 1.165) is 11.1 Å². The average molecular weight is 287 g/mol. The van der Waals surface area contributed by atoms with Crippen LogP contribution in [0.15, 0.2) is 18.3 Å². The monoisotopic (exact) mass is 287 g/mol. The molecule has 7 heteroatoms. The molecule has 0 aliphatic carbocycles. The molecule has 0 unspecified atom stereocenters. The Morgan fingerprint density at radius 3 is 3.14 bits per heavy atom. The summed E-state index contributed by atoms with van der Waals surface area (Å²) in [4.78, 5) is 11.8. The number of aromatic amines is 1. The minimum absolute atomic E-state index is 0.0478. The summed E-state index contributed by atoms with van der Waals surface area (Å²) in [5.41, 5.74) is 1.89. The van der Waals surface area contributed by atoms with Crippen molar-refractivity contribution in [1.82, 2.24) is 10.2 Å². The lowest BCUT2D eigenvalue weighted by atomic mass is 9.87. The maximum absolute atomic E-state index is 11.8. The fourth-order valence-electron chi connectivity index (χ4n) is 2.79. The van der Waals surface area contributed by atoms with Gasteiger partial charge in [-0.15, -0.1) is 0 Å². The van der Waals surface area contributed by atoms with Crippen molar-refractivity contribution in [3.05, 3.63) is 29.5 Å².